The molecule has 1 rings (SSSR count). The largest absolute Gasteiger partial charge is 0.397 e. The monoisotopic (exact) mass is 244 g/mol. The van der Waals surface area contributed by atoms with Gasteiger partial charge in [0.15, 0.2) is 0 Å². The van der Waals surface area contributed by atoms with Crippen molar-refractivity contribution < 1.29 is 4.84 Å². The Hall–Kier alpha value is -0.740. The van der Waals surface area contributed by atoms with Gasteiger partial charge in [0.05, 0.1) is 18.5 Å². The fourth-order valence-corrected chi connectivity index (χ4v) is 1.48. The van der Waals surface area contributed by atoms with E-state index in [0.29, 0.717) is 5.69 Å². The molecule has 0 aliphatic rings. The maximum Gasteiger partial charge on any atom is 0.0876 e. The molecule has 3 nitrogen and oxygen atoms in total. The molecule has 1 aromatic carbocycles. The van der Waals surface area contributed by atoms with Gasteiger partial charge in [-0.25, -0.2) is 0 Å². The standard InChI is InChI=1S/C9H13BrN2O/c1-3-12(13-2)9-6-7(10)4-5-8(9)11/h4-6H,3,11H2,1-2H3. The van der Waals surface area contributed by atoms with Gasteiger partial charge in [-0.05, 0) is 25.1 Å². The lowest BCUT2D eigenvalue weighted by molar-refractivity contribution is 0.171. The number of hydrogen-bond donors (Lipinski definition) is 1. The highest BCUT2D eigenvalue weighted by Crippen LogP contribution is 2.26. The fraction of sp³-hybridized carbons (Fsp3) is 0.333. The summed E-state index contributed by atoms with van der Waals surface area (Å²) in [6, 6.07) is 5.69. The molecule has 4 heteroatoms. The highest BCUT2D eigenvalue weighted by Gasteiger charge is 2.07. The molecule has 0 aliphatic heterocycles. The third kappa shape index (κ3) is 2.35. The molecule has 0 aromatic heterocycles. The van der Waals surface area contributed by atoms with Gasteiger partial charge in [-0.15, -0.1) is 0 Å². The second-order valence-corrected chi connectivity index (χ2v) is 3.50. The number of hydrogen-bond acceptors (Lipinski definition) is 3. The molecule has 0 fully saturated rings. The summed E-state index contributed by atoms with van der Waals surface area (Å²) in [7, 11) is 1.63. The SMILES string of the molecule is CCN(OC)c1cc(Br)ccc1N. The van der Waals surface area contributed by atoms with Crippen molar-refractivity contribution in [2.45, 2.75) is 6.92 Å². The topological polar surface area (TPSA) is 38.5 Å². The Morgan fingerprint density at radius 2 is 2.23 bits per heavy atom. The first-order chi connectivity index (χ1) is 6.19. The summed E-state index contributed by atoms with van der Waals surface area (Å²) >= 11 is 3.39. The minimum atomic E-state index is 0.715. The van der Waals surface area contributed by atoms with E-state index in [1.165, 1.54) is 0 Å². The van der Waals surface area contributed by atoms with Gasteiger partial charge in [0.2, 0.25) is 0 Å². The number of nitrogen functional groups attached to an aromatic ring is 1. The van der Waals surface area contributed by atoms with Crippen LogP contribution < -0.4 is 10.8 Å². The van der Waals surface area contributed by atoms with Gasteiger partial charge >= 0.3 is 0 Å². The maximum atomic E-state index is 5.80. The van der Waals surface area contributed by atoms with Gasteiger partial charge in [0, 0.05) is 11.0 Å². The molecule has 72 valence electrons. The van der Waals surface area contributed by atoms with E-state index in [9.17, 15) is 0 Å². The number of rotatable bonds is 3. The normalized spacial score (nSPS) is 10.1. The molecular formula is C9H13BrN2O. The molecule has 0 bridgehead atoms. The van der Waals surface area contributed by atoms with Crippen LogP contribution >= 0.6 is 15.9 Å². The summed E-state index contributed by atoms with van der Waals surface area (Å²) in [6.07, 6.45) is 0. The number of nitrogens with zero attached hydrogens (tertiary/aromatic N) is 1. The molecule has 0 unspecified atom stereocenters. The summed E-state index contributed by atoms with van der Waals surface area (Å²) in [5.41, 5.74) is 7.40. The van der Waals surface area contributed by atoms with Crippen LogP contribution in [0.4, 0.5) is 11.4 Å². The average molecular weight is 245 g/mol. The Bertz CT molecular complexity index is 287. The van der Waals surface area contributed by atoms with E-state index in [4.69, 9.17) is 10.6 Å². The van der Waals surface area contributed by atoms with Gasteiger partial charge < -0.3 is 5.73 Å². The van der Waals surface area contributed by atoms with Gasteiger partial charge in [0.25, 0.3) is 0 Å². The Morgan fingerprint density at radius 3 is 2.77 bits per heavy atom. The third-order valence-corrected chi connectivity index (χ3v) is 2.26. The van der Waals surface area contributed by atoms with E-state index in [2.05, 4.69) is 15.9 Å². The molecule has 0 saturated carbocycles. The van der Waals surface area contributed by atoms with Crippen molar-refractivity contribution in [1.82, 2.24) is 0 Å². The first kappa shape index (κ1) is 10.3. The number of anilines is 2. The summed E-state index contributed by atoms with van der Waals surface area (Å²) < 4.78 is 0.993. The van der Waals surface area contributed by atoms with Crippen LogP contribution in [0.15, 0.2) is 22.7 Å². The molecule has 0 aliphatic carbocycles. The molecule has 0 atom stereocenters. The summed E-state index contributed by atoms with van der Waals surface area (Å²) in [4.78, 5) is 5.15. The van der Waals surface area contributed by atoms with Crippen molar-refractivity contribution in [2.75, 3.05) is 24.5 Å². The van der Waals surface area contributed by atoms with Crippen LogP contribution in [-0.4, -0.2) is 13.7 Å². The van der Waals surface area contributed by atoms with Crippen LogP contribution in [0.2, 0.25) is 0 Å². The van der Waals surface area contributed by atoms with Crippen LogP contribution in [0.25, 0.3) is 0 Å². The Kier molecular flexibility index (Phi) is 3.57. The first-order valence-electron chi connectivity index (χ1n) is 4.05. The quantitative estimate of drug-likeness (QED) is 0.656. The molecule has 0 spiro atoms. The van der Waals surface area contributed by atoms with E-state index in [-0.39, 0.29) is 0 Å². The zero-order valence-corrected chi connectivity index (χ0v) is 9.34. The lowest BCUT2D eigenvalue weighted by atomic mass is 10.2. The molecule has 0 radical (unpaired) electrons. The predicted octanol–water partition coefficient (Wildman–Crippen LogP) is 2.42. The molecule has 1 aromatic rings. The van der Waals surface area contributed by atoms with Crippen LogP contribution in [-0.2, 0) is 4.84 Å². The zero-order chi connectivity index (χ0) is 9.84. The van der Waals surface area contributed by atoms with Gasteiger partial charge in [-0.3, -0.25) is 9.90 Å². The van der Waals surface area contributed by atoms with Crippen molar-refractivity contribution in [3.8, 4) is 0 Å². The lowest BCUT2D eigenvalue weighted by Crippen LogP contribution is -2.21. The molecule has 0 heterocycles. The van der Waals surface area contributed by atoms with Crippen molar-refractivity contribution in [2.24, 2.45) is 0 Å². The third-order valence-electron chi connectivity index (χ3n) is 1.77. The molecule has 2 N–H and O–H groups in total. The second kappa shape index (κ2) is 4.48. The van der Waals surface area contributed by atoms with E-state index >= 15 is 0 Å². The second-order valence-electron chi connectivity index (χ2n) is 2.58. The summed E-state index contributed by atoms with van der Waals surface area (Å²) in [6.45, 7) is 2.76. The highest BCUT2D eigenvalue weighted by molar-refractivity contribution is 9.10. The van der Waals surface area contributed by atoms with Crippen LogP contribution in [0, 0.1) is 0 Å². The Balaban J connectivity index is 3.03. The van der Waals surface area contributed by atoms with Gasteiger partial charge in [-0.2, -0.15) is 0 Å². The number of halogens is 1. The maximum absolute atomic E-state index is 5.80. The number of benzene rings is 1. The van der Waals surface area contributed by atoms with Crippen molar-refractivity contribution in [1.29, 1.82) is 0 Å². The molecule has 13 heavy (non-hydrogen) atoms. The average Bonchev–Trinajstić information content (AvgIpc) is 2.13. The summed E-state index contributed by atoms with van der Waals surface area (Å²) in [5.74, 6) is 0. The summed E-state index contributed by atoms with van der Waals surface area (Å²) in [5, 5.41) is 1.74. The van der Waals surface area contributed by atoms with E-state index < -0.39 is 0 Å². The highest BCUT2D eigenvalue weighted by atomic mass is 79.9. The predicted molar refractivity (Wildman–Crippen MR) is 58.6 cm³/mol. The Morgan fingerprint density at radius 1 is 1.54 bits per heavy atom. The minimum absolute atomic E-state index is 0.715. The number of nitrogens with two attached hydrogens (primary N) is 1. The van der Waals surface area contributed by atoms with Crippen LogP contribution in [0.5, 0.6) is 0 Å². The first-order valence-corrected chi connectivity index (χ1v) is 4.85. The molecule has 0 amide bonds. The molecular weight excluding hydrogens is 232 g/mol. The van der Waals surface area contributed by atoms with Gasteiger partial charge in [0.1, 0.15) is 0 Å². The smallest absolute Gasteiger partial charge is 0.0876 e. The van der Waals surface area contributed by atoms with Crippen LogP contribution in [0.3, 0.4) is 0 Å². The van der Waals surface area contributed by atoms with Crippen molar-refractivity contribution in [3.05, 3.63) is 22.7 Å². The van der Waals surface area contributed by atoms with E-state index in [1.807, 2.05) is 25.1 Å². The van der Waals surface area contributed by atoms with Crippen LogP contribution in [0.1, 0.15) is 6.92 Å². The fourth-order valence-electron chi connectivity index (χ4n) is 1.13. The van der Waals surface area contributed by atoms with Gasteiger partial charge in [-0.1, -0.05) is 15.9 Å². The van der Waals surface area contributed by atoms with E-state index in [1.54, 1.807) is 12.2 Å². The minimum Gasteiger partial charge on any atom is -0.397 e. The zero-order valence-electron chi connectivity index (χ0n) is 7.75. The lowest BCUT2D eigenvalue weighted by Gasteiger charge is -2.21. The van der Waals surface area contributed by atoms with Crippen molar-refractivity contribution >= 4 is 27.3 Å². The van der Waals surface area contributed by atoms with E-state index in [0.717, 1.165) is 16.7 Å². The number of hydroxylamine groups is 1. The molecule has 0 saturated heterocycles. The Labute approximate surface area is 86.6 Å². The van der Waals surface area contributed by atoms with Crippen molar-refractivity contribution in [3.63, 3.8) is 0 Å².